The first-order valence-electron chi connectivity index (χ1n) is 8.81. The van der Waals surface area contributed by atoms with Crippen LogP contribution in [-0.2, 0) is 0 Å². The van der Waals surface area contributed by atoms with Gasteiger partial charge in [-0.15, -0.1) is 0 Å². The summed E-state index contributed by atoms with van der Waals surface area (Å²) in [6.45, 7) is 0. The highest BCUT2D eigenvalue weighted by atomic mass is 15.4. The third kappa shape index (κ3) is 3.09. The molecule has 0 saturated carbocycles. The van der Waals surface area contributed by atoms with E-state index in [1.165, 1.54) is 22.3 Å². The summed E-state index contributed by atoms with van der Waals surface area (Å²) >= 11 is 0. The SMILES string of the molecule is CN[n+]1c(-c2ccccc2)cc(-c2ccccc2)cc1-c1ccccc1. The smallest absolute Gasteiger partial charge is 0.195 e. The molecule has 0 aliphatic heterocycles. The van der Waals surface area contributed by atoms with E-state index in [1.54, 1.807) is 0 Å². The summed E-state index contributed by atoms with van der Waals surface area (Å²) in [7, 11) is 1.96. The normalized spacial score (nSPS) is 10.5. The largest absolute Gasteiger partial charge is 0.243 e. The monoisotopic (exact) mass is 337 g/mol. The molecule has 2 nitrogen and oxygen atoms in total. The van der Waals surface area contributed by atoms with Gasteiger partial charge in [-0.2, -0.15) is 5.43 Å². The predicted molar refractivity (Wildman–Crippen MR) is 108 cm³/mol. The van der Waals surface area contributed by atoms with Gasteiger partial charge in [0, 0.05) is 23.3 Å². The van der Waals surface area contributed by atoms with Crippen LogP contribution in [0.5, 0.6) is 0 Å². The van der Waals surface area contributed by atoms with E-state index in [1.807, 2.05) is 19.2 Å². The average Bonchev–Trinajstić information content (AvgIpc) is 2.74. The van der Waals surface area contributed by atoms with Crippen LogP contribution in [0.1, 0.15) is 0 Å². The number of aromatic nitrogens is 1. The Labute approximate surface area is 154 Å². The summed E-state index contributed by atoms with van der Waals surface area (Å²) in [6, 6.07) is 36.0. The third-order valence-electron chi connectivity index (χ3n) is 4.54. The van der Waals surface area contributed by atoms with E-state index >= 15 is 0 Å². The lowest BCUT2D eigenvalue weighted by molar-refractivity contribution is -0.624. The Morgan fingerprint density at radius 1 is 0.500 bits per heavy atom. The molecule has 0 atom stereocenters. The molecule has 0 spiro atoms. The Hall–Kier alpha value is -3.39. The van der Waals surface area contributed by atoms with Crippen molar-refractivity contribution < 1.29 is 4.68 Å². The molecule has 1 N–H and O–H groups in total. The fourth-order valence-electron chi connectivity index (χ4n) is 3.28. The molecule has 3 aromatic carbocycles. The molecule has 4 aromatic rings. The van der Waals surface area contributed by atoms with E-state index in [4.69, 9.17) is 0 Å². The molecule has 0 fully saturated rings. The second-order valence-corrected chi connectivity index (χ2v) is 6.17. The molecular weight excluding hydrogens is 316 g/mol. The summed E-state index contributed by atoms with van der Waals surface area (Å²) < 4.78 is 2.15. The standard InChI is InChI=1S/C24H21N2/c1-25-26-23(20-13-7-3-8-14-20)17-22(19-11-5-2-6-12-19)18-24(26)21-15-9-4-10-16-21/h2-18,25H,1H3/q+1. The lowest BCUT2D eigenvalue weighted by atomic mass is 10.00. The Bertz CT molecular complexity index is 934. The van der Waals surface area contributed by atoms with Crippen molar-refractivity contribution in [3.05, 3.63) is 103 Å². The summed E-state index contributed by atoms with van der Waals surface area (Å²) in [4.78, 5) is 0. The number of benzene rings is 3. The quantitative estimate of drug-likeness (QED) is 0.509. The number of nitrogens with one attached hydrogen (secondary N) is 1. The molecule has 0 amide bonds. The van der Waals surface area contributed by atoms with E-state index < -0.39 is 0 Å². The minimum Gasteiger partial charge on any atom is -0.195 e. The second kappa shape index (κ2) is 7.24. The molecule has 0 bridgehead atoms. The molecule has 0 aliphatic rings. The van der Waals surface area contributed by atoms with Crippen LogP contribution in [0.3, 0.4) is 0 Å². The van der Waals surface area contributed by atoms with Crippen LogP contribution >= 0.6 is 0 Å². The molecule has 0 radical (unpaired) electrons. The van der Waals surface area contributed by atoms with Crippen LogP contribution in [0.15, 0.2) is 103 Å². The summed E-state index contributed by atoms with van der Waals surface area (Å²) in [6.07, 6.45) is 0. The van der Waals surface area contributed by atoms with Crippen molar-refractivity contribution in [3.63, 3.8) is 0 Å². The average molecular weight is 337 g/mol. The van der Waals surface area contributed by atoms with Crippen LogP contribution in [0, 0.1) is 0 Å². The van der Waals surface area contributed by atoms with Gasteiger partial charge in [-0.25, -0.2) is 0 Å². The molecular formula is C24H21N2+. The van der Waals surface area contributed by atoms with Crippen LogP contribution in [0.25, 0.3) is 33.6 Å². The van der Waals surface area contributed by atoms with Gasteiger partial charge < -0.3 is 0 Å². The maximum atomic E-state index is 3.36. The highest BCUT2D eigenvalue weighted by Crippen LogP contribution is 2.28. The van der Waals surface area contributed by atoms with Crippen molar-refractivity contribution >= 4 is 0 Å². The van der Waals surface area contributed by atoms with E-state index in [9.17, 15) is 0 Å². The Balaban J connectivity index is 2.01. The van der Waals surface area contributed by atoms with Crippen molar-refractivity contribution in [3.8, 4) is 33.6 Å². The second-order valence-electron chi connectivity index (χ2n) is 6.17. The van der Waals surface area contributed by atoms with Crippen LogP contribution in [0.4, 0.5) is 0 Å². The highest BCUT2D eigenvalue weighted by molar-refractivity contribution is 5.73. The molecule has 0 saturated heterocycles. The third-order valence-corrected chi connectivity index (χ3v) is 4.54. The molecule has 1 heterocycles. The van der Waals surface area contributed by atoms with Crippen LogP contribution in [0.2, 0.25) is 0 Å². The zero-order valence-electron chi connectivity index (χ0n) is 14.8. The van der Waals surface area contributed by atoms with Crippen molar-refractivity contribution in [1.82, 2.24) is 0 Å². The first kappa shape index (κ1) is 16.1. The van der Waals surface area contributed by atoms with Crippen molar-refractivity contribution in [2.75, 3.05) is 12.5 Å². The molecule has 2 heteroatoms. The van der Waals surface area contributed by atoms with Crippen LogP contribution < -0.4 is 10.1 Å². The predicted octanol–water partition coefficient (Wildman–Crippen LogP) is 5.15. The minimum atomic E-state index is 1.13. The minimum absolute atomic E-state index is 1.13. The van der Waals surface area contributed by atoms with E-state index in [2.05, 4.69) is 101 Å². The van der Waals surface area contributed by atoms with Gasteiger partial charge in [-0.1, -0.05) is 71.4 Å². The maximum absolute atomic E-state index is 3.36. The fourth-order valence-corrected chi connectivity index (χ4v) is 3.28. The first-order chi connectivity index (χ1) is 12.9. The molecule has 1 aromatic heterocycles. The lowest BCUT2D eigenvalue weighted by Gasteiger charge is -2.11. The van der Waals surface area contributed by atoms with Gasteiger partial charge >= 0.3 is 0 Å². The summed E-state index contributed by atoms with van der Waals surface area (Å²) in [5.74, 6) is 0. The van der Waals surface area contributed by atoms with E-state index in [0.29, 0.717) is 0 Å². The van der Waals surface area contributed by atoms with Gasteiger partial charge in [0.25, 0.3) is 0 Å². The number of hydrogen-bond acceptors (Lipinski definition) is 1. The molecule has 0 unspecified atom stereocenters. The highest BCUT2D eigenvalue weighted by Gasteiger charge is 2.22. The number of pyridine rings is 1. The van der Waals surface area contributed by atoms with Crippen molar-refractivity contribution in [1.29, 1.82) is 0 Å². The van der Waals surface area contributed by atoms with E-state index in [-0.39, 0.29) is 0 Å². The molecule has 0 aliphatic carbocycles. The molecule has 26 heavy (non-hydrogen) atoms. The van der Waals surface area contributed by atoms with Gasteiger partial charge in [-0.05, 0) is 35.4 Å². The topological polar surface area (TPSA) is 15.9 Å². The van der Waals surface area contributed by atoms with Gasteiger partial charge in [0.2, 0.25) is 11.4 Å². The van der Waals surface area contributed by atoms with Gasteiger partial charge in [0.15, 0.2) is 0 Å². The Kier molecular flexibility index (Phi) is 4.48. The first-order valence-corrected chi connectivity index (χ1v) is 8.81. The van der Waals surface area contributed by atoms with Crippen molar-refractivity contribution in [2.45, 2.75) is 0 Å². The van der Waals surface area contributed by atoms with Crippen LogP contribution in [-0.4, -0.2) is 7.05 Å². The fraction of sp³-hybridized carbons (Fsp3) is 0.0417. The zero-order chi connectivity index (χ0) is 17.8. The number of hydrogen-bond donors (Lipinski definition) is 1. The Morgan fingerprint density at radius 3 is 1.27 bits per heavy atom. The summed E-state index contributed by atoms with van der Waals surface area (Å²) in [5, 5.41) is 0. The Morgan fingerprint density at radius 2 is 0.885 bits per heavy atom. The number of rotatable bonds is 4. The summed E-state index contributed by atoms with van der Waals surface area (Å²) in [5.41, 5.74) is 10.4. The van der Waals surface area contributed by atoms with E-state index in [0.717, 1.165) is 11.4 Å². The van der Waals surface area contributed by atoms with Gasteiger partial charge in [-0.3, -0.25) is 0 Å². The maximum Gasteiger partial charge on any atom is 0.243 e. The number of nitrogens with zero attached hydrogens (tertiary/aromatic N) is 1. The lowest BCUT2D eigenvalue weighted by Crippen LogP contribution is -2.47. The van der Waals surface area contributed by atoms with Gasteiger partial charge in [0.1, 0.15) is 0 Å². The molecule has 4 rings (SSSR count). The van der Waals surface area contributed by atoms with Gasteiger partial charge in [0.05, 0.1) is 7.05 Å². The van der Waals surface area contributed by atoms with Crippen molar-refractivity contribution in [2.24, 2.45) is 0 Å². The molecule has 126 valence electrons. The zero-order valence-corrected chi connectivity index (χ0v) is 14.8.